The van der Waals surface area contributed by atoms with Gasteiger partial charge in [0.2, 0.25) is 0 Å². The number of nitrogens with zero attached hydrogens (tertiary/aromatic N) is 3. The van der Waals surface area contributed by atoms with Gasteiger partial charge in [-0.3, -0.25) is 0 Å². The van der Waals surface area contributed by atoms with Crippen LogP contribution in [0, 0.1) is 0 Å². The minimum absolute atomic E-state index is 0.000163. The van der Waals surface area contributed by atoms with Gasteiger partial charge in [0.25, 0.3) is 0 Å². The van der Waals surface area contributed by atoms with Crippen molar-refractivity contribution in [3.05, 3.63) is 36.2 Å². The zero-order valence-electron chi connectivity index (χ0n) is 10.7. The standard InChI is InChI=1S/C11H12N4O3S3/c12-10(15-16)8-1-3-9(4-2-8)21(17,18)6-5-19-11-13-7-14-20-11/h1-4,7,16H,5-6H2,(H2,12,15). The molecule has 1 heterocycles. The minimum atomic E-state index is -3.37. The lowest BCUT2D eigenvalue weighted by Gasteiger charge is -2.05. The summed E-state index contributed by atoms with van der Waals surface area (Å²) in [6, 6.07) is 5.89. The molecule has 0 saturated heterocycles. The fraction of sp³-hybridized carbons (Fsp3) is 0.182. The molecule has 7 nitrogen and oxygen atoms in total. The summed E-state index contributed by atoms with van der Waals surface area (Å²) >= 11 is 2.59. The molecule has 21 heavy (non-hydrogen) atoms. The Kier molecular flexibility index (Phi) is 5.15. The monoisotopic (exact) mass is 344 g/mol. The molecule has 1 aromatic heterocycles. The first-order valence-electron chi connectivity index (χ1n) is 5.73. The topological polar surface area (TPSA) is 119 Å². The quantitative estimate of drug-likeness (QED) is 0.266. The van der Waals surface area contributed by atoms with Crippen LogP contribution in [0.25, 0.3) is 0 Å². The van der Waals surface area contributed by atoms with Crippen LogP contribution in [0.5, 0.6) is 0 Å². The van der Waals surface area contributed by atoms with Gasteiger partial charge < -0.3 is 10.9 Å². The highest BCUT2D eigenvalue weighted by atomic mass is 32.2. The highest BCUT2D eigenvalue weighted by Crippen LogP contribution is 2.20. The van der Waals surface area contributed by atoms with E-state index in [9.17, 15) is 8.42 Å². The van der Waals surface area contributed by atoms with Gasteiger partial charge in [0.1, 0.15) is 6.33 Å². The normalized spacial score (nSPS) is 12.5. The summed E-state index contributed by atoms with van der Waals surface area (Å²) in [5.74, 6) is 0.338. The second-order valence-corrected chi connectivity index (χ2v) is 8.12. The van der Waals surface area contributed by atoms with E-state index in [0.29, 0.717) is 11.3 Å². The van der Waals surface area contributed by atoms with Crippen LogP contribution in [0.3, 0.4) is 0 Å². The van der Waals surface area contributed by atoms with E-state index in [-0.39, 0.29) is 16.5 Å². The van der Waals surface area contributed by atoms with E-state index >= 15 is 0 Å². The van der Waals surface area contributed by atoms with Gasteiger partial charge in [-0.05, 0) is 35.8 Å². The molecule has 0 atom stereocenters. The molecule has 3 N–H and O–H groups in total. The molecule has 0 saturated carbocycles. The molecule has 2 aromatic rings. The molecule has 0 radical (unpaired) electrons. The highest BCUT2D eigenvalue weighted by molar-refractivity contribution is 8.02. The summed E-state index contributed by atoms with van der Waals surface area (Å²) in [5, 5.41) is 11.4. The number of sulfone groups is 1. The van der Waals surface area contributed by atoms with Crippen molar-refractivity contribution in [1.29, 1.82) is 0 Å². The molecule has 0 amide bonds. The van der Waals surface area contributed by atoms with Gasteiger partial charge in [-0.2, -0.15) is 4.37 Å². The van der Waals surface area contributed by atoms with Crippen LogP contribution in [0.4, 0.5) is 0 Å². The summed E-state index contributed by atoms with van der Waals surface area (Å²) in [5.41, 5.74) is 5.88. The van der Waals surface area contributed by atoms with Crippen molar-refractivity contribution in [2.45, 2.75) is 9.24 Å². The third-order valence-corrected chi connectivity index (χ3v) is 6.33. The van der Waals surface area contributed by atoms with E-state index in [1.165, 1.54) is 53.9 Å². The maximum absolute atomic E-state index is 12.2. The third kappa shape index (κ3) is 4.16. The van der Waals surface area contributed by atoms with Crippen molar-refractivity contribution in [2.75, 3.05) is 11.5 Å². The predicted octanol–water partition coefficient (Wildman–Crippen LogP) is 1.20. The summed E-state index contributed by atoms with van der Waals surface area (Å²) in [6.45, 7) is 0. The average Bonchev–Trinajstić information content (AvgIpc) is 2.99. The van der Waals surface area contributed by atoms with E-state index in [4.69, 9.17) is 10.9 Å². The van der Waals surface area contributed by atoms with Crippen LogP contribution < -0.4 is 5.73 Å². The average molecular weight is 344 g/mol. The van der Waals surface area contributed by atoms with Crippen LogP contribution in [0.1, 0.15) is 5.56 Å². The molecule has 10 heteroatoms. The molecule has 112 valence electrons. The van der Waals surface area contributed by atoms with Crippen molar-refractivity contribution in [2.24, 2.45) is 10.9 Å². The number of hydrogen-bond donors (Lipinski definition) is 2. The molecule has 0 unspecified atom stereocenters. The first-order chi connectivity index (χ1) is 10.0. The molecule has 1 aromatic carbocycles. The SMILES string of the molecule is N/C(=N/O)c1ccc(S(=O)(=O)CCSc2ncns2)cc1. The van der Waals surface area contributed by atoms with Crippen molar-refractivity contribution < 1.29 is 13.6 Å². The van der Waals surface area contributed by atoms with Gasteiger partial charge in [0.15, 0.2) is 20.0 Å². The van der Waals surface area contributed by atoms with Crippen LogP contribution in [-0.2, 0) is 9.84 Å². The molecular formula is C11H12N4O3S3. The number of nitrogens with two attached hydrogens (primary N) is 1. The van der Waals surface area contributed by atoms with Gasteiger partial charge in [-0.25, -0.2) is 13.4 Å². The molecule has 0 aliphatic rings. The molecular weight excluding hydrogens is 332 g/mol. The smallest absolute Gasteiger partial charge is 0.179 e. The maximum atomic E-state index is 12.2. The van der Waals surface area contributed by atoms with Crippen molar-refractivity contribution in [3.8, 4) is 0 Å². The summed E-state index contributed by atoms with van der Waals surface area (Å²) in [6.07, 6.45) is 1.44. The molecule has 2 rings (SSSR count). The zero-order valence-corrected chi connectivity index (χ0v) is 13.2. The van der Waals surface area contributed by atoms with E-state index in [2.05, 4.69) is 14.5 Å². The Morgan fingerprint density at radius 3 is 2.67 bits per heavy atom. The first-order valence-corrected chi connectivity index (χ1v) is 9.14. The fourth-order valence-electron chi connectivity index (χ4n) is 1.47. The minimum Gasteiger partial charge on any atom is -0.409 e. The Hall–Kier alpha value is -1.65. The van der Waals surface area contributed by atoms with Gasteiger partial charge in [0, 0.05) is 11.3 Å². The van der Waals surface area contributed by atoms with E-state index in [0.717, 1.165) is 4.34 Å². The van der Waals surface area contributed by atoms with Crippen LogP contribution >= 0.6 is 23.3 Å². The predicted molar refractivity (Wildman–Crippen MR) is 81.6 cm³/mol. The highest BCUT2D eigenvalue weighted by Gasteiger charge is 2.15. The second kappa shape index (κ2) is 6.87. The second-order valence-electron chi connectivity index (χ2n) is 3.88. The number of aromatic nitrogens is 2. The molecule has 0 aliphatic carbocycles. The number of thioether (sulfide) groups is 1. The van der Waals surface area contributed by atoms with Crippen LogP contribution in [0.15, 0.2) is 45.0 Å². The number of amidine groups is 1. The molecule has 0 fully saturated rings. The van der Waals surface area contributed by atoms with Crippen molar-refractivity contribution >= 4 is 39.0 Å². The Morgan fingerprint density at radius 2 is 2.10 bits per heavy atom. The Morgan fingerprint density at radius 1 is 1.38 bits per heavy atom. The first kappa shape index (κ1) is 15.7. The summed E-state index contributed by atoms with van der Waals surface area (Å²) < 4.78 is 28.9. The largest absolute Gasteiger partial charge is 0.409 e. The van der Waals surface area contributed by atoms with Gasteiger partial charge in [-0.1, -0.05) is 16.9 Å². The summed E-state index contributed by atoms with van der Waals surface area (Å²) in [4.78, 5) is 4.18. The lowest BCUT2D eigenvalue weighted by molar-refractivity contribution is 0.318. The fourth-order valence-corrected chi connectivity index (χ4v) is 4.64. The Bertz CT molecular complexity index is 712. The number of benzene rings is 1. The van der Waals surface area contributed by atoms with Crippen LogP contribution in [-0.4, -0.2) is 40.3 Å². The van der Waals surface area contributed by atoms with Gasteiger partial charge >= 0.3 is 0 Å². The molecule has 0 aliphatic heterocycles. The van der Waals surface area contributed by atoms with E-state index in [1.54, 1.807) is 0 Å². The number of rotatable bonds is 6. The lowest BCUT2D eigenvalue weighted by Crippen LogP contribution is -2.14. The number of hydrogen-bond acceptors (Lipinski definition) is 8. The van der Waals surface area contributed by atoms with Crippen molar-refractivity contribution in [3.63, 3.8) is 0 Å². The number of oxime groups is 1. The van der Waals surface area contributed by atoms with Gasteiger partial charge in [0.05, 0.1) is 10.6 Å². The Balaban J connectivity index is 2.02. The maximum Gasteiger partial charge on any atom is 0.179 e. The van der Waals surface area contributed by atoms with E-state index < -0.39 is 9.84 Å². The lowest BCUT2D eigenvalue weighted by atomic mass is 10.2. The Labute approximate surface area is 130 Å². The molecule has 0 spiro atoms. The van der Waals surface area contributed by atoms with Crippen molar-refractivity contribution in [1.82, 2.24) is 9.36 Å². The third-order valence-electron chi connectivity index (χ3n) is 2.54. The molecule has 0 bridgehead atoms. The zero-order chi connectivity index (χ0) is 15.3. The van der Waals surface area contributed by atoms with Gasteiger partial charge in [-0.15, -0.1) is 0 Å². The summed E-state index contributed by atoms with van der Waals surface area (Å²) in [7, 11) is -3.37. The van der Waals surface area contributed by atoms with E-state index in [1.807, 2.05) is 0 Å². The van der Waals surface area contributed by atoms with Crippen LogP contribution in [0.2, 0.25) is 0 Å².